The Morgan fingerprint density at radius 1 is 1.62 bits per heavy atom. The molecule has 0 rings (SSSR count). The van der Waals surface area contributed by atoms with E-state index in [9.17, 15) is 13.6 Å². The summed E-state index contributed by atoms with van der Waals surface area (Å²) in [4.78, 5) is 14.4. The summed E-state index contributed by atoms with van der Waals surface area (Å²) in [6.07, 6.45) is -2.58. The zero-order valence-electron chi connectivity index (χ0n) is 9.47. The van der Waals surface area contributed by atoms with Crippen LogP contribution in [0.2, 0.25) is 0 Å². The maximum atomic E-state index is 11.9. The minimum atomic E-state index is -2.88. The number of halogens is 2. The van der Waals surface area contributed by atoms with Crippen LogP contribution in [0.3, 0.4) is 0 Å². The summed E-state index contributed by atoms with van der Waals surface area (Å²) < 4.78 is 35.6. The summed E-state index contributed by atoms with van der Waals surface area (Å²) in [5, 5.41) is 0. The first kappa shape index (κ1) is 13.2. The second-order valence-electron chi connectivity index (χ2n) is 2.79. The van der Waals surface area contributed by atoms with Gasteiger partial charge in [-0.05, 0) is 12.2 Å². The van der Waals surface area contributed by atoms with Gasteiger partial charge in [0.15, 0.2) is 5.84 Å². The molecule has 0 aliphatic heterocycles. The summed E-state index contributed by atoms with van der Waals surface area (Å²) in [5.74, 6) is -1.28. The number of carbonyl (C=O) groups is 1. The van der Waals surface area contributed by atoms with E-state index in [1.807, 2.05) is 0 Å². The van der Waals surface area contributed by atoms with Gasteiger partial charge in [0.25, 0.3) is 6.43 Å². The van der Waals surface area contributed by atoms with Crippen LogP contribution >= 0.6 is 12.6 Å². The molecule has 5 nitrogen and oxygen atoms in total. The average Bonchev–Trinajstić information content (AvgIpc) is 2.25. The number of carbonyl (C=O) groups excluding carboxylic acids is 1. The number of rotatable bonds is 7. The molecule has 0 saturated heterocycles. The molecule has 0 saturated carbocycles. The molecular weight excluding hydrogens is 240 g/mol. The molecule has 1 unspecified atom stereocenters. The molecule has 0 aromatic heterocycles. The quantitative estimate of drug-likeness (QED) is 0.255. The number of esters is 1. The normalized spacial score (nSPS) is 16.8. The fourth-order valence-corrected chi connectivity index (χ4v) is 0.954. The van der Waals surface area contributed by atoms with Gasteiger partial charge in [0.2, 0.25) is 0 Å². The molecule has 0 amide bonds. The molecule has 16 heavy (non-hydrogen) atoms. The summed E-state index contributed by atoms with van der Waals surface area (Å²) in [6, 6.07) is -0.878. The average molecular weight is 256 g/mol. The van der Waals surface area contributed by atoms with Crippen LogP contribution in [-0.2, 0) is 9.53 Å². The Bertz CT molecular complexity index is 281. The van der Waals surface area contributed by atoms with Gasteiger partial charge in [0, 0.05) is 0 Å². The van der Waals surface area contributed by atoms with Crippen LogP contribution in [0.15, 0.2) is 4.99 Å². The minimum Gasteiger partial charge on any atom is -0.463 e. The van der Waals surface area contributed by atoms with E-state index in [1.165, 1.54) is 0 Å². The Balaban J connectivity index is 4.06. The Labute approximate surface area is 99.0 Å². The van der Waals surface area contributed by atoms with Crippen molar-refractivity contribution in [3.63, 3.8) is 0 Å². The molecule has 0 aromatic rings. The van der Waals surface area contributed by atoms with Crippen LogP contribution in [0.4, 0.5) is 8.78 Å². The number of hydrogen-bond acceptors (Lipinski definition) is 5. The van der Waals surface area contributed by atoms with Gasteiger partial charge >= 0.3 is 5.97 Å². The molecule has 0 spiro atoms. The maximum absolute atomic E-state index is 11.9. The second kappa shape index (κ2) is 8.28. The highest BCUT2D eigenvalue weighted by Crippen LogP contribution is 1.95. The van der Waals surface area contributed by atoms with E-state index >= 15 is 0 Å². The first-order chi connectivity index (χ1) is 7.88. The number of nitrogens with two attached hydrogens (primary N) is 2. The van der Waals surface area contributed by atoms with E-state index in [2.05, 4.69) is 22.4 Å². The van der Waals surface area contributed by atoms with Gasteiger partial charge < -0.3 is 16.2 Å². The number of hydrogen-bond donors (Lipinski definition) is 3. The summed E-state index contributed by atoms with van der Waals surface area (Å²) in [5.41, 5.74) is 10.2. The highest BCUT2D eigenvalue weighted by molar-refractivity contribution is 7.80. The van der Waals surface area contributed by atoms with Crippen molar-refractivity contribution in [1.82, 2.24) is 0 Å². The first-order valence-electron chi connectivity index (χ1n) is 5.03. The lowest BCUT2D eigenvalue weighted by Crippen LogP contribution is -2.33. The number of thiol groups is 1. The first-order valence-corrected chi connectivity index (χ1v) is 5.08. The molecular formula is C8H15F2N3O2S. The van der Waals surface area contributed by atoms with Crippen molar-refractivity contribution in [3.05, 3.63) is 0 Å². The number of aliphatic imine (C=N–C) groups is 1. The Morgan fingerprint density at radius 3 is 2.75 bits per heavy atom. The second-order valence-corrected chi connectivity index (χ2v) is 3.24. The molecule has 0 heterocycles. The van der Waals surface area contributed by atoms with Crippen molar-refractivity contribution in [2.24, 2.45) is 16.5 Å². The van der Waals surface area contributed by atoms with E-state index in [0.29, 0.717) is 12.2 Å². The topological polar surface area (TPSA) is 90.7 Å². The van der Waals surface area contributed by atoms with Crippen molar-refractivity contribution in [1.29, 1.82) is 0 Å². The van der Waals surface area contributed by atoms with Crippen LogP contribution in [0, 0.1) is 0 Å². The highest BCUT2D eigenvalue weighted by Gasteiger charge is 2.13. The fraction of sp³-hybridized carbons (Fsp3) is 0.750. The van der Waals surface area contributed by atoms with Crippen molar-refractivity contribution in [2.75, 3.05) is 18.9 Å². The molecule has 4 N–H and O–H groups in total. The monoisotopic (exact) mass is 256 g/mol. The van der Waals surface area contributed by atoms with E-state index < -0.39 is 37.4 Å². The zero-order chi connectivity index (χ0) is 13.4. The van der Waals surface area contributed by atoms with E-state index in [1.54, 1.807) is 0 Å². The highest BCUT2D eigenvalue weighted by atomic mass is 32.1. The molecule has 0 fully saturated rings. The molecule has 0 radical (unpaired) electrons. The van der Waals surface area contributed by atoms with Gasteiger partial charge in [-0.3, -0.25) is 9.79 Å². The van der Waals surface area contributed by atoms with Crippen LogP contribution in [-0.4, -0.2) is 43.2 Å². The van der Waals surface area contributed by atoms with Gasteiger partial charge in [0.05, 0.1) is 7.92 Å². The third kappa shape index (κ3) is 6.57. The number of ether oxygens (including phenoxy) is 1. The largest absolute Gasteiger partial charge is 0.463 e. The van der Waals surface area contributed by atoms with Gasteiger partial charge in [-0.15, -0.1) is 0 Å². The van der Waals surface area contributed by atoms with Crippen LogP contribution < -0.4 is 11.5 Å². The van der Waals surface area contributed by atoms with Crippen molar-refractivity contribution >= 4 is 24.4 Å². The number of amidine groups is 1. The maximum Gasteiger partial charge on any atom is 0.323 e. The van der Waals surface area contributed by atoms with Gasteiger partial charge in [-0.1, -0.05) is 0 Å². The molecule has 94 valence electrons. The Kier molecular flexibility index (Phi) is 6.82. The molecule has 0 aromatic carbocycles. The smallest absolute Gasteiger partial charge is 0.323 e. The summed E-state index contributed by atoms with van der Waals surface area (Å²) >= 11 is 3.88. The predicted octanol–water partition coefficient (Wildman–Crippen LogP) is -0.201. The lowest BCUT2D eigenvalue weighted by atomic mass is 10.2. The Morgan fingerprint density at radius 2 is 2.25 bits per heavy atom. The van der Waals surface area contributed by atoms with Gasteiger partial charge in [0.1, 0.15) is 12.6 Å². The predicted molar refractivity (Wildman–Crippen MR) is 59.9 cm³/mol. The standard InChI is InChI=1S/C8H15F2N3O2S/c9-6(10)7(12)13-2-3-15-8(14)5(11)1-4-16/h5-6,16H,1-4,11H2,(H2,12,13)/t5-/m0/s1/i3D/t3?,5-. The van der Waals surface area contributed by atoms with Crippen molar-refractivity contribution < 1.29 is 19.7 Å². The summed E-state index contributed by atoms with van der Waals surface area (Å²) in [6.45, 7) is -1.85. The SMILES string of the molecule is [2H]C(CN=C(N)C(F)F)OC(=O)[C@@H](N)CCS. The molecule has 0 bridgehead atoms. The third-order valence-electron chi connectivity index (χ3n) is 1.51. The lowest BCUT2D eigenvalue weighted by Gasteiger charge is -2.09. The zero-order valence-corrected chi connectivity index (χ0v) is 9.37. The molecule has 0 aliphatic rings. The van der Waals surface area contributed by atoms with Crippen molar-refractivity contribution in [3.8, 4) is 0 Å². The minimum absolute atomic E-state index is 0.303. The number of nitrogens with zero attached hydrogens (tertiary/aromatic N) is 1. The van der Waals surface area contributed by atoms with E-state index in [-0.39, 0.29) is 0 Å². The fourth-order valence-electron chi connectivity index (χ4n) is 0.675. The van der Waals surface area contributed by atoms with Gasteiger partial charge in [-0.2, -0.15) is 12.6 Å². The third-order valence-corrected chi connectivity index (χ3v) is 1.77. The van der Waals surface area contributed by atoms with Gasteiger partial charge in [-0.25, -0.2) is 8.78 Å². The Hall–Kier alpha value is -0.890. The van der Waals surface area contributed by atoms with E-state index in [4.69, 9.17) is 12.8 Å². The van der Waals surface area contributed by atoms with Crippen LogP contribution in [0.25, 0.3) is 0 Å². The van der Waals surface area contributed by atoms with E-state index in [0.717, 1.165) is 0 Å². The number of alkyl halides is 2. The molecule has 2 atom stereocenters. The van der Waals surface area contributed by atoms with Crippen LogP contribution in [0.5, 0.6) is 0 Å². The van der Waals surface area contributed by atoms with Crippen LogP contribution in [0.1, 0.15) is 7.79 Å². The van der Waals surface area contributed by atoms with Crippen molar-refractivity contribution in [2.45, 2.75) is 18.9 Å². The lowest BCUT2D eigenvalue weighted by molar-refractivity contribution is -0.144. The molecule has 0 aliphatic carbocycles. The summed E-state index contributed by atoms with van der Waals surface area (Å²) in [7, 11) is 0. The molecule has 8 heteroatoms.